The van der Waals surface area contributed by atoms with Crippen LogP contribution in [-0.4, -0.2) is 49.3 Å². The van der Waals surface area contributed by atoms with Crippen LogP contribution in [0.1, 0.15) is 39.0 Å². The third kappa shape index (κ3) is 5.83. The number of aliphatic hydroxyl groups excluding tert-OH is 1. The van der Waals surface area contributed by atoms with Gasteiger partial charge in [0, 0.05) is 12.6 Å². The largest absolute Gasteiger partial charge is 0.396 e. The molecule has 1 heterocycles. The third-order valence-corrected chi connectivity index (χ3v) is 3.57. The topological polar surface area (TPSA) is 35.5 Å². The Morgan fingerprint density at radius 1 is 1.38 bits per heavy atom. The van der Waals surface area contributed by atoms with Gasteiger partial charge in [0.1, 0.15) is 0 Å². The highest BCUT2D eigenvalue weighted by atomic mass is 16.3. The van der Waals surface area contributed by atoms with Crippen molar-refractivity contribution in [3.05, 3.63) is 0 Å². The zero-order valence-corrected chi connectivity index (χ0v) is 10.9. The van der Waals surface area contributed by atoms with Crippen molar-refractivity contribution in [2.75, 3.05) is 33.3 Å². The molecule has 2 unspecified atom stereocenters. The van der Waals surface area contributed by atoms with E-state index in [0.717, 1.165) is 19.0 Å². The normalized spacial score (nSPS) is 25.3. The van der Waals surface area contributed by atoms with E-state index in [9.17, 15) is 0 Å². The summed E-state index contributed by atoms with van der Waals surface area (Å²) in [5, 5.41) is 12.6. The van der Waals surface area contributed by atoms with E-state index in [1.54, 1.807) is 0 Å². The Hall–Kier alpha value is -0.120. The second-order valence-corrected chi connectivity index (χ2v) is 5.32. The van der Waals surface area contributed by atoms with Crippen LogP contribution in [0.15, 0.2) is 0 Å². The Bertz CT molecular complexity index is 175. The van der Waals surface area contributed by atoms with E-state index in [-0.39, 0.29) is 0 Å². The lowest BCUT2D eigenvalue weighted by molar-refractivity contribution is 0.227. The van der Waals surface area contributed by atoms with Crippen LogP contribution in [-0.2, 0) is 0 Å². The maximum absolute atomic E-state index is 8.92. The van der Waals surface area contributed by atoms with Gasteiger partial charge in [-0.15, -0.1) is 0 Å². The molecule has 2 N–H and O–H groups in total. The molecule has 0 saturated carbocycles. The predicted molar refractivity (Wildman–Crippen MR) is 68.6 cm³/mol. The minimum absolute atomic E-state index is 0.328. The Labute approximate surface area is 100 Å². The molecule has 0 aromatic carbocycles. The lowest BCUT2D eigenvalue weighted by Gasteiger charge is -2.17. The smallest absolute Gasteiger partial charge is 0.0456 e. The minimum atomic E-state index is 0.328. The fourth-order valence-corrected chi connectivity index (χ4v) is 2.29. The molecule has 2 atom stereocenters. The summed E-state index contributed by atoms with van der Waals surface area (Å²) >= 11 is 0. The number of nitrogens with one attached hydrogen (secondary N) is 1. The highest BCUT2D eigenvalue weighted by Crippen LogP contribution is 2.10. The molecule has 1 fully saturated rings. The first-order valence-corrected chi connectivity index (χ1v) is 6.75. The van der Waals surface area contributed by atoms with E-state index in [0.29, 0.717) is 12.5 Å². The summed E-state index contributed by atoms with van der Waals surface area (Å²) in [6.45, 7) is 6.03. The van der Waals surface area contributed by atoms with Crippen molar-refractivity contribution in [2.45, 2.75) is 45.1 Å². The van der Waals surface area contributed by atoms with Crippen LogP contribution >= 0.6 is 0 Å². The molecule has 0 spiro atoms. The Morgan fingerprint density at radius 2 is 2.19 bits per heavy atom. The molecule has 0 amide bonds. The average molecular weight is 228 g/mol. The average Bonchev–Trinajstić information content (AvgIpc) is 2.49. The summed E-state index contributed by atoms with van der Waals surface area (Å²) in [6, 6.07) is 0.717. The quantitative estimate of drug-likeness (QED) is 0.676. The molecular weight excluding hydrogens is 200 g/mol. The number of hydrogen-bond acceptors (Lipinski definition) is 3. The van der Waals surface area contributed by atoms with Crippen LogP contribution in [0.25, 0.3) is 0 Å². The Balaban J connectivity index is 2.03. The number of rotatable bonds is 6. The summed E-state index contributed by atoms with van der Waals surface area (Å²) in [7, 11) is 2.21. The maximum atomic E-state index is 8.92. The highest BCUT2D eigenvalue weighted by molar-refractivity contribution is 4.73. The summed E-state index contributed by atoms with van der Waals surface area (Å²) in [6.07, 6.45) is 6.25. The number of hydrogen-bond donors (Lipinski definition) is 2. The van der Waals surface area contributed by atoms with Gasteiger partial charge in [-0.2, -0.15) is 0 Å². The van der Waals surface area contributed by atoms with Crippen molar-refractivity contribution in [2.24, 2.45) is 5.92 Å². The van der Waals surface area contributed by atoms with Crippen molar-refractivity contribution in [3.8, 4) is 0 Å². The van der Waals surface area contributed by atoms with E-state index in [2.05, 4.69) is 24.2 Å². The number of likely N-dealkylation sites (tertiary alicyclic amines) is 1. The maximum Gasteiger partial charge on any atom is 0.0456 e. The van der Waals surface area contributed by atoms with Crippen LogP contribution in [0.2, 0.25) is 0 Å². The van der Waals surface area contributed by atoms with Crippen molar-refractivity contribution < 1.29 is 5.11 Å². The summed E-state index contributed by atoms with van der Waals surface area (Å²) in [4.78, 5) is 2.43. The van der Waals surface area contributed by atoms with Gasteiger partial charge in [-0.25, -0.2) is 0 Å². The van der Waals surface area contributed by atoms with Crippen LogP contribution in [0.4, 0.5) is 0 Å². The molecule has 0 aromatic rings. The van der Waals surface area contributed by atoms with E-state index in [4.69, 9.17) is 5.11 Å². The molecule has 1 aliphatic rings. The Kier molecular flexibility index (Phi) is 7.01. The number of nitrogens with zero attached hydrogens (tertiary/aromatic N) is 1. The van der Waals surface area contributed by atoms with Gasteiger partial charge in [-0.05, 0) is 64.7 Å². The molecule has 1 saturated heterocycles. The fraction of sp³-hybridized carbons (Fsp3) is 1.00. The van der Waals surface area contributed by atoms with Crippen molar-refractivity contribution in [1.29, 1.82) is 0 Å². The zero-order chi connectivity index (χ0) is 11.8. The van der Waals surface area contributed by atoms with Gasteiger partial charge in [0.05, 0.1) is 0 Å². The molecule has 96 valence electrons. The SMILES string of the molecule is CC(CO)CCCNC1CCCN(C)CC1. The molecular formula is C13H28N2O. The predicted octanol–water partition coefficient (Wildman–Crippen LogP) is 1.47. The van der Waals surface area contributed by atoms with Gasteiger partial charge >= 0.3 is 0 Å². The van der Waals surface area contributed by atoms with Crippen LogP contribution < -0.4 is 5.32 Å². The first-order valence-electron chi connectivity index (χ1n) is 6.75. The molecule has 0 aliphatic carbocycles. The second-order valence-electron chi connectivity index (χ2n) is 5.32. The summed E-state index contributed by atoms with van der Waals surface area (Å²) < 4.78 is 0. The molecule has 16 heavy (non-hydrogen) atoms. The van der Waals surface area contributed by atoms with Gasteiger partial charge in [0.15, 0.2) is 0 Å². The van der Waals surface area contributed by atoms with E-state index in [1.807, 2.05) is 0 Å². The molecule has 1 aliphatic heterocycles. The minimum Gasteiger partial charge on any atom is -0.396 e. The van der Waals surface area contributed by atoms with Crippen molar-refractivity contribution in [3.63, 3.8) is 0 Å². The van der Waals surface area contributed by atoms with Gasteiger partial charge in [-0.1, -0.05) is 6.92 Å². The Morgan fingerprint density at radius 3 is 2.94 bits per heavy atom. The molecule has 1 rings (SSSR count). The monoisotopic (exact) mass is 228 g/mol. The van der Waals surface area contributed by atoms with Gasteiger partial charge in [0.2, 0.25) is 0 Å². The first-order chi connectivity index (χ1) is 7.72. The van der Waals surface area contributed by atoms with Gasteiger partial charge in [0.25, 0.3) is 0 Å². The van der Waals surface area contributed by atoms with Crippen LogP contribution in [0.3, 0.4) is 0 Å². The van der Waals surface area contributed by atoms with E-state index >= 15 is 0 Å². The lowest BCUT2D eigenvalue weighted by Crippen LogP contribution is -2.31. The molecule has 3 heteroatoms. The molecule has 0 bridgehead atoms. The zero-order valence-electron chi connectivity index (χ0n) is 10.9. The summed E-state index contributed by atoms with van der Waals surface area (Å²) in [5.41, 5.74) is 0. The fourth-order valence-electron chi connectivity index (χ4n) is 2.29. The van der Waals surface area contributed by atoms with Crippen LogP contribution in [0.5, 0.6) is 0 Å². The standard InChI is InChI=1S/C13H28N2O/c1-12(11-16)5-3-8-14-13-6-4-9-15(2)10-7-13/h12-14,16H,3-11H2,1-2H3. The third-order valence-electron chi connectivity index (χ3n) is 3.57. The highest BCUT2D eigenvalue weighted by Gasteiger charge is 2.13. The van der Waals surface area contributed by atoms with Crippen LogP contribution in [0, 0.1) is 5.92 Å². The van der Waals surface area contributed by atoms with Crippen molar-refractivity contribution in [1.82, 2.24) is 10.2 Å². The second kappa shape index (κ2) is 8.04. The summed E-state index contributed by atoms with van der Waals surface area (Å²) in [5.74, 6) is 0.460. The lowest BCUT2D eigenvalue weighted by atomic mass is 10.1. The number of aliphatic hydroxyl groups is 1. The van der Waals surface area contributed by atoms with Gasteiger partial charge < -0.3 is 15.3 Å². The van der Waals surface area contributed by atoms with Crippen molar-refractivity contribution >= 4 is 0 Å². The first kappa shape index (κ1) is 13.9. The van der Waals surface area contributed by atoms with E-state index < -0.39 is 0 Å². The van der Waals surface area contributed by atoms with E-state index in [1.165, 1.54) is 38.8 Å². The molecule has 0 radical (unpaired) electrons. The van der Waals surface area contributed by atoms with Gasteiger partial charge in [-0.3, -0.25) is 0 Å². The molecule has 3 nitrogen and oxygen atoms in total. The molecule has 0 aromatic heterocycles.